The van der Waals surface area contributed by atoms with Crippen LogP contribution in [0.5, 0.6) is 0 Å². The van der Waals surface area contributed by atoms with Gasteiger partial charge in [0.15, 0.2) is 0 Å². The summed E-state index contributed by atoms with van der Waals surface area (Å²) in [5.74, 6) is 0. The van der Waals surface area contributed by atoms with E-state index in [0.717, 1.165) is 24.0 Å². The number of sulfonamides is 1. The predicted octanol–water partition coefficient (Wildman–Crippen LogP) is 0.693. The molecule has 0 amide bonds. The third-order valence-corrected chi connectivity index (χ3v) is 5.55. The van der Waals surface area contributed by atoms with E-state index in [-0.39, 0.29) is 17.3 Å². The maximum absolute atomic E-state index is 11.9. The summed E-state index contributed by atoms with van der Waals surface area (Å²) in [6.45, 7) is 0. The SMILES string of the molecule is N[C@@H]1c2ccccc2C[C@H]1NS(=O)(=O)C1CC1. The molecule has 0 aromatic heterocycles. The van der Waals surface area contributed by atoms with E-state index in [1.54, 1.807) is 0 Å². The first-order valence-electron chi connectivity index (χ1n) is 5.92. The zero-order chi connectivity index (χ0) is 12.0. The van der Waals surface area contributed by atoms with Crippen LogP contribution in [0.15, 0.2) is 24.3 Å². The standard InChI is InChI=1S/C12H16N2O2S/c13-12-10-4-2-1-3-8(10)7-11(12)14-17(15,16)9-5-6-9/h1-4,9,11-12,14H,5-7,13H2/t11-,12-/m1/s1. The van der Waals surface area contributed by atoms with Gasteiger partial charge in [0.25, 0.3) is 0 Å². The average Bonchev–Trinajstić information content (AvgIpc) is 3.08. The summed E-state index contributed by atoms with van der Waals surface area (Å²) in [6.07, 6.45) is 2.26. The van der Waals surface area contributed by atoms with Crippen LogP contribution in [0.3, 0.4) is 0 Å². The van der Waals surface area contributed by atoms with Gasteiger partial charge in [0, 0.05) is 12.1 Å². The summed E-state index contributed by atoms with van der Waals surface area (Å²) in [5, 5.41) is -0.182. The van der Waals surface area contributed by atoms with E-state index >= 15 is 0 Å². The van der Waals surface area contributed by atoms with Crippen LogP contribution in [-0.4, -0.2) is 19.7 Å². The molecule has 1 saturated carbocycles. The highest BCUT2D eigenvalue weighted by molar-refractivity contribution is 7.90. The van der Waals surface area contributed by atoms with Gasteiger partial charge in [0.05, 0.1) is 5.25 Å². The number of hydrogen-bond acceptors (Lipinski definition) is 3. The van der Waals surface area contributed by atoms with Crippen molar-refractivity contribution < 1.29 is 8.42 Å². The normalized spacial score (nSPS) is 28.1. The lowest BCUT2D eigenvalue weighted by atomic mass is 10.1. The van der Waals surface area contributed by atoms with Gasteiger partial charge in [0.1, 0.15) is 0 Å². The monoisotopic (exact) mass is 252 g/mol. The minimum atomic E-state index is -3.15. The zero-order valence-corrected chi connectivity index (χ0v) is 10.3. The van der Waals surface area contributed by atoms with Crippen molar-refractivity contribution in [3.63, 3.8) is 0 Å². The van der Waals surface area contributed by atoms with Crippen molar-refractivity contribution in [3.8, 4) is 0 Å². The van der Waals surface area contributed by atoms with E-state index in [2.05, 4.69) is 4.72 Å². The highest BCUT2D eigenvalue weighted by Crippen LogP contribution is 2.32. The lowest BCUT2D eigenvalue weighted by Crippen LogP contribution is -2.42. The Balaban J connectivity index is 1.80. The van der Waals surface area contributed by atoms with Crippen LogP contribution in [0.1, 0.15) is 30.0 Å². The summed E-state index contributed by atoms with van der Waals surface area (Å²) < 4.78 is 26.5. The molecule has 0 spiro atoms. The minimum Gasteiger partial charge on any atom is -0.323 e. The zero-order valence-electron chi connectivity index (χ0n) is 9.46. The summed E-state index contributed by atoms with van der Waals surface area (Å²) in [7, 11) is -3.15. The third-order valence-electron chi connectivity index (χ3n) is 3.57. The van der Waals surface area contributed by atoms with Gasteiger partial charge in [-0.3, -0.25) is 0 Å². The van der Waals surface area contributed by atoms with Crippen molar-refractivity contribution in [1.82, 2.24) is 4.72 Å². The molecule has 0 radical (unpaired) electrons. The van der Waals surface area contributed by atoms with Gasteiger partial charge in [-0.15, -0.1) is 0 Å². The smallest absolute Gasteiger partial charge is 0.214 e. The Morgan fingerprint density at radius 3 is 2.59 bits per heavy atom. The molecular formula is C12H16N2O2S. The molecule has 5 heteroatoms. The summed E-state index contributed by atoms with van der Waals surface area (Å²) in [5.41, 5.74) is 8.31. The second-order valence-corrected chi connectivity index (χ2v) is 6.89. The third kappa shape index (κ3) is 1.99. The number of nitrogens with two attached hydrogens (primary N) is 1. The van der Waals surface area contributed by atoms with E-state index in [1.807, 2.05) is 24.3 Å². The molecule has 2 atom stereocenters. The molecule has 3 N–H and O–H groups in total. The molecular weight excluding hydrogens is 236 g/mol. The maximum Gasteiger partial charge on any atom is 0.214 e. The minimum absolute atomic E-state index is 0.182. The van der Waals surface area contributed by atoms with Crippen LogP contribution in [0.4, 0.5) is 0 Å². The first-order chi connectivity index (χ1) is 8.08. The van der Waals surface area contributed by atoms with Gasteiger partial charge in [0.2, 0.25) is 10.0 Å². The predicted molar refractivity (Wildman–Crippen MR) is 65.9 cm³/mol. The fraction of sp³-hybridized carbons (Fsp3) is 0.500. The molecule has 1 fully saturated rings. The largest absolute Gasteiger partial charge is 0.323 e. The van der Waals surface area contributed by atoms with Crippen molar-refractivity contribution >= 4 is 10.0 Å². The van der Waals surface area contributed by atoms with E-state index in [4.69, 9.17) is 5.73 Å². The summed E-state index contributed by atoms with van der Waals surface area (Å²) in [4.78, 5) is 0. The number of nitrogens with one attached hydrogen (secondary N) is 1. The Bertz CT molecular complexity index is 537. The molecule has 2 aliphatic carbocycles. The number of rotatable bonds is 3. The Hall–Kier alpha value is -0.910. The molecule has 0 aliphatic heterocycles. The molecule has 0 unspecified atom stereocenters. The Morgan fingerprint density at radius 1 is 1.24 bits per heavy atom. The van der Waals surface area contributed by atoms with Gasteiger partial charge < -0.3 is 5.73 Å². The van der Waals surface area contributed by atoms with Crippen LogP contribution < -0.4 is 10.5 Å². The topological polar surface area (TPSA) is 72.2 Å². The van der Waals surface area contributed by atoms with Crippen molar-refractivity contribution in [3.05, 3.63) is 35.4 Å². The van der Waals surface area contributed by atoms with Crippen molar-refractivity contribution in [2.45, 2.75) is 36.6 Å². The Kier molecular flexibility index (Phi) is 2.50. The van der Waals surface area contributed by atoms with E-state index in [9.17, 15) is 8.42 Å². The van der Waals surface area contributed by atoms with Crippen molar-refractivity contribution in [2.75, 3.05) is 0 Å². The van der Waals surface area contributed by atoms with Crippen molar-refractivity contribution in [2.24, 2.45) is 5.73 Å². The number of hydrogen-bond donors (Lipinski definition) is 2. The van der Waals surface area contributed by atoms with Crippen LogP contribution in [0, 0.1) is 0 Å². The molecule has 3 rings (SSSR count). The van der Waals surface area contributed by atoms with Gasteiger partial charge in [-0.1, -0.05) is 24.3 Å². The van der Waals surface area contributed by atoms with Crippen molar-refractivity contribution in [1.29, 1.82) is 0 Å². The molecule has 0 heterocycles. The van der Waals surface area contributed by atoms with Crippen LogP contribution in [0.25, 0.3) is 0 Å². The molecule has 0 bridgehead atoms. The summed E-state index contributed by atoms with van der Waals surface area (Å²) in [6, 6.07) is 7.49. The molecule has 1 aromatic rings. The fourth-order valence-electron chi connectivity index (χ4n) is 2.43. The van der Waals surface area contributed by atoms with E-state index in [1.165, 1.54) is 0 Å². The molecule has 1 aromatic carbocycles. The second-order valence-electron chi connectivity index (χ2n) is 4.90. The fourth-order valence-corrected chi connectivity index (χ4v) is 4.03. The van der Waals surface area contributed by atoms with Crippen LogP contribution >= 0.6 is 0 Å². The molecule has 0 saturated heterocycles. The van der Waals surface area contributed by atoms with Gasteiger partial charge >= 0.3 is 0 Å². The maximum atomic E-state index is 11.9. The molecule has 2 aliphatic rings. The Morgan fingerprint density at radius 2 is 1.94 bits per heavy atom. The first kappa shape index (κ1) is 11.2. The van der Waals surface area contributed by atoms with Gasteiger partial charge in [-0.25, -0.2) is 13.1 Å². The Labute approximate surface area is 101 Å². The van der Waals surface area contributed by atoms with E-state index in [0.29, 0.717) is 6.42 Å². The highest BCUT2D eigenvalue weighted by Gasteiger charge is 2.40. The van der Waals surface area contributed by atoms with Gasteiger partial charge in [-0.05, 0) is 30.4 Å². The summed E-state index contributed by atoms with van der Waals surface area (Å²) >= 11 is 0. The molecule has 92 valence electrons. The number of benzene rings is 1. The average molecular weight is 252 g/mol. The molecule has 17 heavy (non-hydrogen) atoms. The lowest BCUT2D eigenvalue weighted by molar-refractivity contribution is 0.514. The van der Waals surface area contributed by atoms with Crippen LogP contribution in [-0.2, 0) is 16.4 Å². The number of fused-ring (bicyclic) bond motifs is 1. The van der Waals surface area contributed by atoms with Gasteiger partial charge in [-0.2, -0.15) is 0 Å². The van der Waals surface area contributed by atoms with Crippen LogP contribution in [0.2, 0.25) is 0 Å². The highest BCUT2D eigenvalue weighted by atomic mass is 32.2. The first-order valence-corrected chi connectivity index (χ1v) is 7.47. The second kappa shape index (κ2) is 3.80. The lowest BCUT2D eigenvalue weighted by Gasteiger charge is -2.17. The molecule has 4 nitrogen and oxygen atoms in total. The van der Waals surface area contributed by atoms with E-state index < -0.39 is 10.0 Å². The quantitative estimate of drug-likeness (QED) is 0.831.